The molecule has 0 bridgehead atoms. The van der Waals surface area contributed by atoms with Gasteiger partial charge in [-0.2, -0.15) is 0 Å². The van der Waals surface area contributed by atoms with Gasteiger partial charge in [-0.15, -0.1) is 6.58 Å². The zero-order valence-corrected chi connectivity index (χ0v) is 24.9. The van der Waals surface area contributed by atoms with E-state index in [1.54, 1.807) is 51.1 Å². The number of hydrogen-bond donors (Lipinski definition) is 5. The molecule has 0 spiro atoms. The molecule has 0 saturated heterocycles. The molecule has 0 aliphatic carbocycles. The normalized spacial score (nSPS) is 13.0. The van der Waals surface area contributed by atoms with Crippen LogP contribution in [0.2, 0.25) is 0 Å². The number of ether oxygens (including phenoxy) is 2. The maximum atomic E-state index is 13.3. The minimum absolute atomic E-state index is 0.0113. The number of unbranched alkanes of at least 4 members (excludes halogenated alkanes) is 1. The summed E-state index contributed by atoms with van der Waals surface area (Å²) in [5, 5.41) is 19.8. The van der Waals surface area contributed by atoms with E-state index in [4.69, 9.17) is 9.47 Å². The summed E-state index contributed by atoms with van der Waals surface area (Å²) in [5.41, 5.74) is 0.0936. The lowest BCUT2D eigenvalue weighted by Crippen LogP contribution is -2.56. The van der Waals surface area contributed by atoms with Gasteiger partial charge in [0.1, 0.15) is 36.1 Å². The van der Waals surface area contributed by atoms with Crippen molar-refractivity contribution in [2.45, 2.75) is 83.5 Å². The highest BCUT2D eigenvalue weighted by atomic mass is 16.6. The molecule has 0 saturated carbocycles. The number of nitrogens with one attached hydrogen (secondary N) is 4. The highest BCUT2D eigenvalue weighted by molar-refractivity contribution is 5.93. The number of amides is 4. The minimum atomic E-state index is -1.24. The van der Waals surface area contributed by atoms with Gasteiger partial charge in [0.15, 0.2) is 0 Å². The van der Waals surface area contributed by atoms with E-state index >= 15 is 0 Å². The van der Waals surface area contributed by atoms with Crippen molar-refractivity contribution in [1.82, 2.24) is 21.3 Å². The molecule has 0 aliphatic heterocycles. The Kier molecular flexibility index (Phi) is 15.4. The van der Waals surface area contributed by atoms with Crippen molar-refractivity contribution in [2.75, 3.05) is 13.2 Å². The molecule has 0 heterocycles. The van der Waals surface area contributed by atoms with Gasteiger partial charge in [-0.1, -0.05) is 30.9 Å². The van der Waals surface area contributed by atoms with Gasteiger partial charge in [-0.25, -0.2) is 9.59 Å². The van der Waals surface area contributed by atoms with Gasteiger partial charge < -0.3 is 35.8 Å². The standard InChI is InChI=1S/C30H44N4O8/c1-7-11-24(28(38)39)34-26(36)23(12-9-10-17-31-29(40)42-30(4,5)6)33-27(37)25(32-20(3)35)19-21-13-15-22(16-14-21)41-18-8-2/h7-8,13-16,23-25H,1-2,9-12,17-19H2,3-6H3,(H,31,40)(H,32,35)(H,33,37)(H,34,36)(H,38,39)/t23-,24-,25-/m0/s1. The topological polar surface area (TPSA) is 172 Å². The summed E-state index contributed by atoms with van der Waals surface area (Å²) in [7, 11) is 0. The van der Waals surface area contributed by atoms with Crippen molar-refractivity contribution < 1.29 is 38.6 Å². The zero-order valence-electron chi connectivity index (χ0n) is 24.9. The molecule has 42 heavy (non-hydrogen) atoms. The van der Waals surface area contributed by atoms with Crippen LogP contribution in [0.1, 0.15) is 58.9 Å². The summed E-state index contributed by atoms with van der Waals surface area (Å²) in [6.07, 6.45) is 3.56. The molecule has 0 fully saturated rings. The average molecular weight is 589 g/mol. The molecule has 5 N–H and O–H groups in total. The maximum absolute atomic E-state index is 13.3. The van der Waals surface area contributed by atoms with Gasteiger partial charge in [0.25, 0.3) is 0 Å². The minimum Gasteiger partial charge on any atom is -0.490 e. The molecule has 4 amide bonds. The summed E-state index contributed by atoms with van der Waals surface area (Å²) >= 11 is 0. The van der Waals surface area contributed by atoms with Crippen LogP contribution in [0.3, 0.4) is 0 Å². The van der Waals surface area contributed by atoms with Crippen LogP contribution in [-0.4, -0.2) is 71.8 Å². The lowest BCUT2D eigenvalue weighted by atomic mass is 10.0. The van der Waals surface area contributed by atoms with Gasteiger partial charge in [0.2, 0.25) is 17.7 Å². The summed E-state index contributed by atoms with van der Waals surface area (Å²) in [6.45, 7) is 14.3. The summed E-state index contributed by atoms with van der Waals surface area (Å²) in [6, 6.07) is 3.65. The quantitative estimate of drug-likeness (QED) is 0.129. The third-order valence-electron chi connectivity index (χ3n) is 5.66. The third-order valence-corrected chi connectivity index (χ3v) is 5.66. The highest BCUT2D eigenvalue weighted by Crippen LogP contribution is 2.14. The molecular formula is C30H44N4O8. The van der Waals surface area contributed by atoms with Crippen molar-refractivity contribution in [3.05, 3.63) is 55.1 Å². The Balaban J connectivity index is 2.97. The van der Waals surface area contributed by atoms with Crippen molar-refractivity contribution in [2.24, 2.45) is 0 Å². The summed E-state index contributed by atoms with van der Waals surface area (Å²) in [4.78, 5) is 61.8. The summed E-state index contributed by atoms with van der Waals surface area (Å²) in [5.74, 6) is -2.37. The molecule has 0 unspecified atom stereocenters. The molecule has 0 aromatic heterocycles. The van der Waals surface area contributed by atoms with E-state index < -0.39 is 53.5 Å². The molecule has 1 aromatic carbocycles. The lowest BCUT2D eigenvalue weighted by Gasteiger charge is -2.24. The molecule has 1 aromatic rings. The molecule has 232 valence electrons. The van der Waals surface area contributed by atoms with Crippen molar-refractivity contribution >= 4 is 29.8 Å². The van der Waals surface area contributed by atoms with Crippen LogP contribution in [0.4, 0.5) is 4.79 Å². The second-order valence-electron chi connectivity index (χ2n) is 10.6. The molecule has 12 heteroatoms. The molecular weight excluding hydrogens is 544 g/mol. The maximum Gasteiger partial charge on any atom is 0.407 e. The van der Waals surface area contributed by atoms with Crippen LogP contribution in [0.5, 0.6) is 5.75 Å². The van der Waals surface area contributed by atoms with Crippen molar-refractivity contribution in [3.8, 4) is 5.75 Å². The van der Waals surface area contributed by atoms with Gasteiger partial charge in [0.05, 0.1) is 0 Å². The van der Waals surface area contributed by atoms with E-state index in [0.717, 1.165) is 5.56 Å². The SMILES string of the molecule is C=CCOc1ccc(C[C@H](NC(C)=O)C(=O)N[C@@H](CCCCNC(=O)OC(C)(C)C)C(=O)N[C@@H](CC=C)C(=O)O)cc1. The van der Waals surface area contributed by atoms with E-state index in [9.17, 15) is 29.1 Å². The monoisotopic (exact) mass is 588 g/mol. The molecule has 12 nitrogen and oxygen atoms in total. The van der Waals surface area contributed by atoms with E-state index in [1.807, 2.05) is 0 Å². The van der Waals surface area contributed by atoms with E-state index in [0.29, 0.717) is 25.2 Å². The number of carboxylic acid groups (broad SMARTS) is 1. The van der Waals surface area contributed by atoms with Gasteiger partial charge in [-0.05, 0) is 64.2 Å². The Bertz CT molecular complexity index is 1080. The second-order valence-corrected chi connectivity index (χ2v) is 10.6. The number of benzene rings is 1. The Labute approximate surface area is 247 Å². The Morgan fingerprint density at radius 3 is 2.07 bits per heavy atom. The average Bonchev–Trinajstić information content (AvgIpc) is 2.89. The molecule has 3 atom stereocenters. The first-order valence-corrected chi connectivity index (χ1v) is 13.8. The number of carbonyl (C=O) groups is 5. The molecule has 0 radical (unpaired) electrons. The largest absolute Gasteiger partial charge is 0.490 e. The number of aliphatic carboxylic acids is 1. The first-order valence-electron chi connectivity index (χ1n) is 13.8. The fourth-order valence-corrected chi connectivity index (χ4v) is 3.75. The second kappa shape index (κ2) is 18.2. The number of alkyl carbamates (subject to hydrolysis) is 1. The van der Waals surface area contributed by atoms with Crippen LogP contribution in [0, 0.1) is 0 Å². The smallest absolute Gasteiger partial charge is 0.407 e. The highest BCUT2D eigenvalue weighted by Gasteiger charge is 2.29. The summed E-state index contributed by atoms with van der Waals surface area (Å²) < 4.78 is 10.7. The fraction of sp³-hybridized carbons (Fsp3) is 0.500. The predicted molar refractivity (Wildman–Crippen MR) is 158 cm³/mol. The Morgan fingerprint density at radius 2 is 1.52 bits per heavy atom. The van der Waals surface area contributed by atoms with E-state index in [2.05, 4.69) is 34.4 Å². The number of carboxylic acids is 1. The van der Waals surface area contributed by atoms with Gasteiger partial charge >= 0.3 is 12.1 Å². The van der Waals surface area contributed by atoms with E-state index in [1.165, 1.54) is 13.0 Å². The fourth-order valence-electron chi connectivity index (χ4n) is 3.75. The van der Waals surface area contributed by atoms with Crippen LogP contribution >= 0.6 is 0 Å². The number of rotatable bonds is 18. The predicted octanol–water partition coefficient (Wildman–Crippen LogP) is 2.62. The number of carbonyl (C=O) groups excluding carboxylic acids is 4. The molecule has 1 rings (SSSR count). The van der Waals surface area contributed by atoms with Crippen LogP contribution in [0.15, 0.2) is 49.6 Å². The van der Waals surface area contributed by atoms with Crippen LogP contribution in [0.25, 0.3) is 0 Å². The molecule has 0 aliphatic rings. The Hall–Kier alpha value is -4.35. The number of hydrogen-bond acceptors (Lipinski definition) is 7. The van der Waals surface area contributed by atoms with Crippen LogP contribution in [-0.2, 0) is 30.3 Å². The van der Waals surface area contributed by atoms with Crippen molar-refractivity contribution in [3.63, 3.8) is 0 Å². The lowest BCUT2D eigenvalue weighted by molar-refractivity contribution is -0.142. The van der Waals surface area contributed by atoms with Crippen LogP contribution < -0.4 is 26.0 Å². The Morgan fingerprint density at radius 1 is 0.905 bits per heavy atom. The van der Waals surface area contributed by atoms with Crippen molar-refractivity contribution in [1.29, 1.82) is 0 Å². The first kappa shape index (κ1) is 35.7. The van der Waals surface area contributed by atoms with Gasteiger partial charge in [0, 0.05) is 19.9 Å². The zero-order chi connectivity index (χ0) is 31.7. The van der Waals surface area contributed by atoms with E-state index in [-0.39, 0.29) is 25.8 Å². The van der Waals surface area contributed by atoms with Gasteiger partial charge in [-0.3, -0.25) is 14.4 Å². The first-order chi connectivity index (χ1) is 19.7. The third kappa shape index (κ3) is 14.9.